The molecule has 2 rings (SSSR count). The van der Waals surface area contributed by atoms with Gasteiger partial charge in [0.1, 0.15) is 0 Å². The maximum Gasteiger partial charge on any atom is 0.334 e. The van der Waals surface area contributed by atoms with Gasteiger partial charge in [0.25, 0.3) is 0 Å². The third-order valence-corrected chi connectivity index (χ3v) is 4.65. The number of hydrogen-bond acceptors (Lipinski definition) is 5. The first-order valence-electron chi connectivity index (χ1n) is 5.79. The van der Waals surface area contributed by atoms with Crippen molar-refractivity contribution in [2.24, 2.45) is 0 Å². The molecular formula is C12H11BrN2O4S. The number of thiophene rings is 1. The van der Waals surface area contributed by atoms with Crippen molar-refractivity contribution in [3.8, 4) is 0 Å². The molecule has 1 aliphatic heterocycles. The van der Waals surface area contributed by atoms with Crippen LogP contribution in [0.15, 0.2) is 15.9 Å². The summed E-state index contributed by atoms with van der Waals surface area (Å²) in [7, 11) is 0. The molecule has 6 nitrogen and oxygen atoms in total. The van der Waals surface area contributed by atoms with Crippen molar-refractivity contribution < 1.29 is 19.2 Å². The summed E-state index contributed by atoms with van der Waals surface area (Å²) < 4.78 is 0.610. The molecule has 8 heteroatoms. The normalized spacial score (nSPS) is 15.7. The highest BCUT2D eigenvalue weighted by molar-refractivity contribution is 9.10. The van der Waals surface area contributed by atoms with Gasteiger partial charge in [0.05, 0.1) is 11.4 Å². The summed E-state index contributed by atoms with van der Waals surface area (Å²) in [6.07, 6.45) is 0. The van der Waals surface area contributed by atoms with Crippen LogP contribution in [0.1, 0.15) is 23.5 Å². The number of urea groups is 1. The molecule has 2 heterocycles. The van der Waals surface area contributed by atoms with Gasteiger partial charge in [-0.15, -0.1) is 11.3 Å². The molecule has 0 bridgehead atoms. The number of imide groups is 2. The third-order valence-electron chi connectivity index (χ3n) is 2.77. The van der Waals surface area contributed by atoms with Crippen molar-refractivity contribution in [1.82, 2.24) is 9.80 Å². The van der Waals surface area contributed by atoms with Crippen LogP contribution in [0.2, 0.25) is 0 Å². The van der Waals surface area contributed by atoms with Crippen LogP contribution >= 0.6 is 27.3 Å². The number of halogens is 1. The minimum Gasteiger partial charge on any atom is -0.291 e. The fourth-order valence-corrected chi connectivity index (χ4v) is 3.35. The van der Waals surface area contributed by atoms with Crippen LogP contribution in [-0.2, 0) is 9.59 Å². The second-order valence-electron chi connectivity index (χ2n) is 4.46. The molecule has 0 aromatic carbocycles. The van der Waals surface area contributed by atoms with Crippen molar-refractivity contribution >= 4 is 50.9 Å². The smallest absolute Gasteiger partial charge is 0.291 e. The molecule has 0 spiro atoms. The van der Waals surface area contributed by atoms with Crippen LogP contribution in [0, 0.1) is 0 Å². The molecule has 1 saturated heterocycles. The summed E-state index contributed by atoms with van der Waals surface area (Å²) in [4.78, 5) is 49.5. The van der Waals surface area contributed by atoms with Gasteiger partial charge in [-0.25, -0.2) is 9.69 Å². The molecule has 1 fully saturated rings. The predicted molar refractivity (Wildman–Crippen MR) is 75.4 cm³/mol. The zero-order valence-electron chi connectivity index (χ0n) is 10.8. The Kier molecular flexibility index (Phi) is 4.05. The number of rotatable bonds is 4. The lowest BCUT2D eigenvalue weighted by atomic mass is 10.3. The van der Waals surface area contributed by atoms with Gasteiger partial charge < -0.3 is 0 Å². The average Bonchev–Trinajstić information content (AvgIpc) is 2.87. The fourth-order valence-electron chi connectivity index (χ4n) is 1.83. The van der Waals surface area contributed by atoms with Gasteiger partial charge in [-0.1, -0.05) is 0 Å². The number of hydrogen-bond donors (Lipinski definition) is 0. The quantitative estimate of drug-likeness (QED) is 0.468. The average molecular weight is 359 g/mol. The van der Waals surface area contributed by atoms with E-state index in [0.29, 0.717) is 14.2 Å². The molecular weight excluding hydrogens is 348 g/mol. The highest BCUT2D eigenvalue weighted by Crippen LogP contribution is 2.24. The summed E-state index contributed by atoms with van der Waals surface area (Å²) in [5.74, 6) is -2.22. The lowest BCUT2D eigenvalue weighted by Crippen LogP contribution is -2.39. The second kappa shape index (κ2) is 5.45. The van der Waals surface area contributed by atoms with Gasteiger partial charge in [-0.05, 0) is 41.2 Å². The molecule has 0 atom stereocenters. The Bertz CT molecular complexity index is 610. The topological polar surface area (TPSA) is 74.8 Å². The van der Waals surface area contributed by atoms with Crippen LogP contribution < -0.4 is 0 Å². The summed E-state index contributed by atoms with van der Waals surface area (Å²) in [6.45, 7) is 2.83. The zero-order chi connectivity index (χ0) is 15.0. The van der Waals surface area contributed by atoms with Crippen molar-refractivity contribution in [3.63, 3.8) is 0 Å². The molecule has 1 aromatic heterocycles. The maximum atomic E-state index is 12.1. The van der Waals surface area contributed by atoms with E-state index in [2.05, 4.69) is 15.9 Å². The molecule has 1 aromatic rings. The van der Waals surface area contributed by atoms with Gasteiger partial charge in [0.15, 0.2) is 5.78 Å². The van der Waals surface area contributed by atoms with E-state index >= 15 is 0 Å². The maximum absolute atomic E-state index is 12.1. The number of carbonyl (C=O) groups excluding carboxylic acids is 4. The van der Waals surface area contributed by atoms with Crippen molar-refractivity contribution in [3.05, 3.63) is 20.8 Å². The van der Waals surface area contributed by atoms with Gasteiger partial charge >= 0.3 is 17.8 Å². The van der Waals surface area contributed by atoms with Crippen LogP contribution in [-0.4, -0.2) is 46.0 Å². The van der Waals surface area contributed by atoms with E-state index in [1.165, 1.54) is 11.3 Å². The lowest BCUT2D eigenvalue weighted by Gasteiger charge is -2.17. The van der Waals surface area contributed by atoms with Gasteiger partial charge in [-0.2, -0.15) is 0 Å². The molecule has 4 amide bonds. The molecule has 0 N–H and O–H groups in total. The number of ketones is 1. The fraction of sp³-hybridized carbons (Fsp3) is 0.333. The number of amides is 4. The molecule has 0 radical (unpaired) electrons. The Morgan fingerprint density at radius 2 is 1.95 bits per heavy atom. The Balaban J connectivity index is 2.20. The summed E-state index contributed by atoms with van der Waals surface area (Å²) in [5.41, 5.74) is 0. The van der Waals surface area contributed by atoms with Gasteiger partial charge in [0.2, 0.25) is 0 Å². The predicted octanol–water partition coefficient (Wildman–Crippen LogP) is 1.89. The van der Waals surface area contributed by atoms with Crippen LogP contribution in [0.4, 0.5) is 4.79 Å². The Morgan fingerprint density at radius 3 is 2.40 bits per heavy atom. The minimum absolute atomic E-state index is 0.382. The lowest BCUT2D eigenvalue weighted by molar-refractivity contribution is -0.143. The van der Waals surface area contributed by atoms with Crippen molar-refractivity contribution in [2.45, 2.75) is 19.9 Å². The van der Waals surface area contributed by atoms with Crippen LogP contribution in [0.5, 0.6) is 0 Å². The molecule has 0 unspecified atom stereocenters. The Labute approximate surface area is 127 Å². The largest absolute Gasteiger partial charge is 0.334 e. The summed E-state index contributed by atoms with van der Waals surface area (Å²) in [5, 5.41) is 1.72. The van der Waals surface area contributed by atoms with Crippen LogP contribution in [0.25, 0.3) is 0 Å². The van der Waals surface area contributed by atoms with Crippen LogP contribution in [0.3, 0.4) is 0 Å². The summed E-state index contributed by atoms with van der Waals surface area (Å²) >= 11 is 4.42. The molecule has 1 aliphatic rings. The highest BCUT2D eigenvalue weighted by Gasteiger charge is 2.46. The van der Waals surface area contributed by atoms with E-state index in [9.17, 15) is 19.2 Å². The van der Waals surface area contributed by atoms with Crippen molar-refractivity contribution in [2.75, 3.05) is 6.54 Å². The van der Waals surface area contributed by atoms with E-state index in [-0.39, 0.29) is 5.78 Å². The van der Waals surface area contributed by atoms with E-state index < -0.39 is 30.4 Å². The highest BCUT2D eigenvalue weighted by atomic mass is 79.9. The Hall–Kier alpha value is -1.54. The van der Waals surface area contributed by atoms with E-state index in [0.717, 1.165) is 4.90 Å². The standard InChI is InChI=1S/C12H11BrN2O4S/c1-6(2)15-11(18)10(17)14(12(15)19)5-8(16)9-7(13)3-4-20-9/h3-4,6H,5H2,1-2H3. The molecule has 0 saturated carbocycles. The van der Waals surface area contributed by atoms with Crippen molar-refractivity contribution in [1.29, 1.82) is 0 Å². The first kappa shape index (κ1) is 14.9. The van der Waals surface area contributed by atoms with E-state index in [4.69, 9.17) is 0 Å². The van der Waals surface area contributed by atoms with Gasteiger partial charge in [0, 0.05) is 10.5 Å². The second-order valence-corrected chi connectivity index (χ2v) is 6.23. The third kappa shape index (κ3) is 2.40. The van der Waals surface area contributed by atoms with Gasteiger partial charge in [-0.3, -0.25) is 19.3 Å². The van der Waals surface area contributed by atoms with E-state index in [1.54, 1.807) is 25.3 Å². The monoisotopic (exact) mass is 358 g/mol. The first-order chi connectivity index (χ1) is 9.34. The number of Topliss-reactive ketones (excluding diaryl/α,β-unsaturated/α-hetero) is 1. The minimum atomic E-state index is -0.954. The molecule has 20 heavy (non-hydrogen) atoms. The first-order valence-corrected chi connectivity index (χ1v) is 7.47. The summed E-state index contributed by atoms with van der Waals surface area (Å²) in [6, 6.07) is 0.542. The Morgan fingerprint density at radius 1 is 1.30 bits per heavy atom. The number of nitrogens with zero attached hydrogens (tertiary/aromatic N) is 2. The SMILES string of the molecule is CC(C)N1C(=O)C(=O)N(CC(=O)c2sccc2Br)C1=O. The zero-order valence-corrected chi connectivity index (χ0v) is 13.2. The molecule has 106 valence electrons. The number of carbonyl (C=O) groups is 4. The van der Waals surface area contributed by atoms with E-state index in [1.807, 2.05) is 0 Å². The molecule has 0 aliphatic carbocycles.